The Bertz CT molecular complexity index is 778. The van der Waals surface area contributed by atoms with Crippen molar-refractivity contribution in [1.82, 2.24) is 5.32 Å². The Labute approximate surface area is 149 Å². The molecule has 8 heteroatoms. The molecule has 0 aliphatic heterocycles. The predicted molar refractivity (Wildman–Crippen MR) is 92.4 cm³/mol. The fraction of sp³-hybridized carbons (Fsp3) is 0.222. The SMILES string of the molecule is C[C@@H](OC(=O)COc1ccccc1[N+](=O)[O-])C(=O)NCc1ccccc1. The Kier molecular flexibility index (Phi) is 6.67. The van der Waals surface area contributed by atoms with E-state index in [0.29, 0.717) is 6.54 Å². The molecule has 0 spiro atoms. The van der Waals surface area contributed by atoms with Gasteiger partial charge in [0.25, 0.3) is 5.91 Å². The van der Waals surface area contributed by atoms with Crippen LogP contribution in [0.5, 0.6) is 5.75 Å². The number of benzene rings is 2. The molecule has 0 aliphatic carbocycles. The van der Waals surface area contributed by atoms with E-state index in [1.54, 1.807) is 6.07 Å². The third-order valence-electron chi connectivity index (χ3n) is 3.39. The van der Waals surface area contributed by atoms with Gasteiger partial charge in [0.15, 0.2) is 18.5 Å². The number of amides is 1. The summed E-state index contributed by atoms with van der Waals surface area (Å²) in [4.78, 5) is 34.0. The largest absolute Gasteiger partial charge is 0.475 e. The van der Waals surface area contributed by atoms with Crippen LogP contribution >= 0.6 is 0 Å². The summed E-state index contributed by atoms with van der Waals surface area (Å²) in [5.74, 6) is -1.30. The highest BCUT2D eigenvalue weighted by atomic mass is 16.6. The van der Waals surface area contributed by atoms with Crippen molar-refractivity contribution >= 4 is 17.6 Å². The van der Waals surface area contributed by atoms with Crippen LogP contribution in [0, 0.1) is 10.1 Å². The second-order valence-electron chi connectivity index (χ2n) is 5.35. The fourth-order valence-corrected chi connectivity index (χ4v) is 2.08. The highest BCUT2D eigenvalue weighted by Gasteiger charge is 2.19. The zero-order valence-corrected chi connectivity index (χ0v) is 14.1. The van der Waals surface area contributed by atoms with Gasteiger partial charge in [-0.3, -0.25) is 14.9 Å². The Balaban J connectivity index is 1.80. The van der Waals surface area contributed by atoms with Crippen LogP contribution in [0.25, 0.3) is 0 Å². The maximum atomic E-state index is 12.0. The molecule has 26 heavy (non-hydrogen) atoms. The Morgan fingerprint density at radius 1 is 1.12 bits per heavy atom. The van der Waals surface area contributed by atoms with Gasteiger partial charge in [0.05, 0.1) is 4.92 Å². The first kappa shape index (κ1) is 18.9. The quantitative estimate of drug-likeness (QED) is 0.440. The molecule has 0 unspecified atom stereocenters. The van der Waals surface area contributed by atoms with Gasteiger partial charge >= 0.3 is 11.7 Å². The van der Waals surface area contributed by atoms with Crippen LogP contribution in [0.3, 0.4) is 0 Å². The number of nitrogens with zero attached hydrogens (tertiary/aromatic N) is 1. The van der Waals surface area contributed by atoms with Crippen molar-refractivity contribution in [3.63, 3.8) is 0 Å². The molecular weight excluding hydrogens is 340 g/mol. The summed E-state index contributed by atoms with van der Waals surface area (Å²) in [6, 6.07) is 15.0. The van der Waals surface area contributed by atoms with Crippen LogP contribution in [0.1, 0.15) is 12.5 Å². The van der Waals surface area contributed by atoms with Gasteiger partial charge < -0.3 is 14.8 Å². The molecular formula is C18H18N2O6. The van der Waals surface area contributed by atoms with Crippen molar-refractivity contribution in [2.75, 3.05) is 6.61 Å². The summed E-state index contributed by atoms with van der Waals surface area (Å²) in [7, 11) is 0. The second-order valence-corrected chi connectivity index (χ2v) is 5.35. The average Bonchev–Trinajstić information content (AvgIpc) is 2.65. The van der Waals surface area contributed by atoms with Crippen LogP contribution in [0.4, 0.5) is 5.69 Å². The first-order chi connectivity index (χ1) is 12.5. The first-order valence-corrected chi connectivity index (χ1v) is 7.84. The first-order valence-electron chi connectivity index (χ1n) is 7.84. The van der Waals surface area contributed by atoms with E-state index in [0.717, 1.165) is 5.56 Å². The Morgan fingerprint density at radius 3 is 2.46 bits per heavy atom. The number of carbonyl (C=O) groups is 2. The summed E-state index contributed by atoms with van der Waals surface area (Å²) in [5.41, 5.74) is 0.660. The lowest BCUT2D eigenvalue weighted by atomic mass is 10.2. The van der Waals surface area contributed by atoms with Crippen molar-refractivity contribution in [2.24, 2.45) is 0 Å². The Hall–Kier alpha value is -3.42. The van der Waals surface area contributed by atoms with Crippen molar-refractivity contribution < 1.29 is 24.0 Å². The number of esters is 1. The molecule has 1 atom stereocenters. The second kappa shape index (κ2) is 9.16. The number of nitro benzene ring substituents is 1. The summed E-state index contributed by atoms with van der Waals surface area (Å²) >= 11 is 0. The molecule has 0 aliphatic rings. The molecule has 0 bridgehead atoms. The fourth-order valence-electron chi connectivity index (χ4n) is 2.08. The van der Waals surface area contributed by atoms with E-state index in [1.807, 2.05) is 30.3 Å². The van der Waals surface area contributed by atoms with Gasteiger partial charge in [-0.25, -0.2) is 4.79 Å². The number of nitrogens with one attached hydrogen (secondary N) is 1. The number of hydrogen-bond acceptors (Lipinski definition) is 6. The molecule has 0 saturated carbocycles. The lowest BCUT2D eigenvalue weighted by Gasteiger charge is -2.14. The van der Waals surface area contributed by atoms with Gasteiger partial charge in [-0.1, -0.05) is 42.5 Å². The normalized spacial score (nSPS) is 11.3. The van der Waals surface area contributed by atoms with Crippen molar-refractivity contribution in [1.29, 1.82) is 0 Å². The van der Waals surface area contributed by atoms with Crippen LogP contribution < -0.4 is 10.1 Å². The van der Waals surface area contributed by atoms with Crippen LogP contribution in [-0.4, -0.2) is 29.5 Å². The maximum absolute atomic E-state index is 12.0. The van der Waals surface area contributed by atoms with Gasteiger partial charge in [0.1, 0.15) is 0 Å². The molecule has 1 N–H and O–H groups in total. The Morgan fingerprint density at radius 2 is 1.77 bits per heavy atom. The number of ether oxygens (including phenoxy) is 2. The van der Waals surface area contributed by atoms with E-state index < -0.39 is 29.5 Å². The molecule has 2 aromatic carbocycles. The van der Waals surface area contributed by atoms with E-state index in [9.17, 15) is 19.7 Å². The van der Waals surface area contributed by atoms with E-state index in [1.165, 1.54) is 25.1 Å². The average molecular weight is 358 g/mol. The topological polar surface area (TPSA) is 108 Å². The number of hydrogen-bond donors (Lipinski definition) is 1. The van der Waals surface area contributed by atoms with Gasteiger partial charge in [0, 0.05) is 12.6 Å². The van der Waals surface area contributed by atoms with Gasteiger partial charge in [0.2, 0.25) is 0 Å². The highest BCUT2D eigenvalue weighted by molar-refractivity contribution is 5.83. The van der Waals surface area contributed by atoms with Crippen molar-refractivity contribution in [2.45, 2.75) is 19.6 Å². The van der Waals surface area contributed by atoms with Crippen molar-refractivity contribution in [3.8, 4) is 5.75 Å². The molecule has 0 radical (unpaired) electrons. The van der Waals surface area contributed by atoms with Gasteiger partial charge in [-0.15, -0.1) is 0 Å². The number of carbonyl (C=O) groups excluding carboxylic acids is 2. The summed E-state index contributed by atoms with van der Waals surface area (Å²) in [6.07, 6.45) is -1.01. The summed E-state index contributed by atoms with van der Waals surface area (Å²) in [5, 5.41) is 13.5. The summed E-state index contributed by atoms with van der Waals surface area (Å²) in [6.45, 7) is 1.21. The van der Waals surface area contributed by atoms with Crippen molar-refractivity contribution in [3.05, 3.63) is 70.3 Å². The van der Waals surface area contributed by atoms with E-state index in [4.69, 9.17) is 9.47 Å². The summed E-state index contributed by atoms with van der Waals surface area (Å²) < 4.78 is 10.1. The monoisotopic (exact) mass is 358 g/mol. The highest BCUT2D eigenvalue weighted by Crippen LogP contribution is 2.25. The molecule has 0 fully saturated rings. The zero-order valence-electron chi connectivity index (χ0n) is 14.1. The predicted octanol–water partition coefficient (Wildman–Crippen LogP) is 2.22. The number of para-hydroxylation sites is 2. The minimum Gasteiger partial charge on any atom is -0.475 e. The van der Waals surface area contributed by atoms with Crippen LogP contribution in [-0.2, 0) is 20.9 Å². The van der Waals surface area contributed by atoms with E-state index in [-0.39, 0.29) is 11.4 Å². The molecule has 2 rings (SSSR count). The van der Waals surface area contributed by atoms with E-state index in [2.05, 4.69) is 5.32 Å². The van der Waals surface area contributed by atoms with E-state index >= 15 is 0 Å². The lowest BCUT2D eigenvalue weighted by molar-refractivity contribution is -0.385. The third kappa shape index (κ3) is 5.59. The van der Waals surface area contributed by atoms with Gasteiger partial charge in [-0.2, -0.15) is 0 Å². The van der Waals surface area contributed by atoms with Crippen LogP contribution in [0.2, 0.25) is 0 Å². The molecule has 8 nitrogen and oxygen atoms in total. The molecule has 0 aromatic heterocycles. The third-order valence-corrected chi connectivity index (χ3v) is 3.39. The molecule has 1 amide bonds. The molecule has 0 heterocycles. The minimum absolute atomic E-state index is 0.0457. The van der Waals surface area contributed by atoms with Gasteiger partial charge in [-0.05, 0) is 18.6 Å². The minimum atomic E-state index is -1.01. The number of rotatable bonds is 8. The molecule has 0 saturated heterocycles. The maximum Gasteiger partial charge on any atom is 0.344 e. The molecule has 2 aromatic rings. The number of nitro groups is 1. The molecule has 136 valence electrons. The van der Waals surface area contributed by atoms with Crippen LogP contribution in [0.15, 0.2) is 54.6 Å². The standard InChI is InChI=1S/C18H18N2O6/c1-13(18(22)19-11-14-7-3-2-4-8-14)26-17(21)12-25-16-10-6-5-9-15(16)20(23)24/h2-10,13H,11-12H2,1H3,(H,19,22)/t13-/m1/s1. The zero-order chi connectivity index (χ0) is 18.9. The lowest BCUT2D eigenvalue weighted by Crippen LogP contribution is -2.36. The smallest absolute Gasteiger partial charge is 0.344 e.